The van der Waals surface area contributed by atoms with Gasteiger partial charge in [-0.1, -0.05) is 15.9 Å². The molecule has 2 aliphatic rings. The predicted octanol–water partition coefficient (Wildman–Crippen LogP) is 2.27. The number of ether oxygens (including phenoxy) is 3. The van der Waals surface area contributed by atoms with Gasteiger partial charge >= 0.3 is 0 Å². The van der Waals surface area contributed by atoms with Crippen molar-refractivity contribution in [2.75, 3.05) is 33.5 Å². The molecule has 2 aliphatic heterocycles. The maximum absolute atomic E-state index is 9.59. The number of hydrogen-bond acceptors (Lipinski definition) is 4. The minimum absolute atomic E-state index is 0.324. The molecule has 2 saturated heterocycles. The van der Waals surface area contributed by atoms with Gasteiger partial charge in [-0.15, -0.1) is 0 Å². The molecule has 0 bridgehead atoms. The van der Waals surface area contributed by atoms with E-state index in [0.29, 0.717) is 26.4 Å². The first kappa shape index (κ1) is 12.9. The second-order valence-corrected chi connectivity index (χ2v) is 6.02. The molecule has 0 aromatic heterocycles. The molecule has 0 spiro atoms. The average Bonchev–Trinajstić information content (AvgIpc) is 2.31. The van der Waals surface area contributed by atoms with Crippen LogP contribution in [0.15, 0.2) is 22.7 Å². The van der Waals surface area contributed by atoms with Gasteiger partial charge in [0.2, 0.25) is 0 Å². The van der Waals surface area contributed by atoms with Crippen LogP contribution < -0.4 is 4.74 Å². The van der Waals surface area contributed by atoms with Crippen molar-refractivity contribution in [1.29, 1.82) is 5.26 Å². The molecule has 1 aromatic rings. The number of nitriles is 1. The summed E-state index contributed by atoms with van der Waals surface area (Å²) in [5.41, 5.74) is 0.203. The van der Waals surface area contributed by atoms with Gasteiger partial charge in [0.25, 0.3) is 0 Å². The standard InChI is InChI=1S/C14H14BrNO3/c1-17-12-3-2-10(15)4-11(12)14(8-19-9-14)13(5-16)6-18-7-13/h2-4H,6-9H2,1H3. The topological polar surface area (TPSA) is 51.5 Å². The average molecular weight is 324 g/mol. The number of benzene rings is 1. The van der Waals surface area contributed by atoms with Gasteiger partial charge in [0.05, 0.1) is 45.0 Å². The Balaban J connectivity index is 2.13. The van der Waals surface area contributed by atoms with Gasteiger partial charge in [0.1, 0.15) is 11.2 Å². The van der Waals surface area contributed by atoms with Gasteiger partial charge < -0.3 is 14.2 Å². The van der Waals surface area contributed by atoms with Gasteiger partial charge in [-0.2, -0.15) is 5.26 Å². The van der Waals surface area contributed by atoms with E-state index in [9.17, 15) is 5.26 Å². The van der Waals surface area contributed by atoms with E-state index in [1.807, 2.05) is 18.2 Å². The van der Waals surface area contributed by atoms with E-state index in [0.717, 1.165) is 15.8 Å². The van der Waals surface area contributed by atoms with Crippen molar-refractivity contribution >= 4 is 15.9 Å². The van der Waals surface area contributed by atoms with Crippen molar-refractivity contribution < 1.29 is 14.2 Å². The van der Waals surface area contributed by atoms with Gasteiger partial charge in [-0.25, -0.2) is 0 Å². The molecule has 0 amide bonds. The molecule has 19 heavy (non-hydrogen) atoms. The van der Waals surface area contributed by atoms with Crippen molar-refractivity contribution in [1.82, 2.24) is 0 Å². The van der Waals surface area contributed by atoms with Crippen LogP contribution in [0.3, 0.4) is 0 Å². The summed E-state index contributed by atoms with van der Waals surface area (Å²) in [7, 11) is 1.65. The molecule has 2 fully saturated rings. The molecule has 0 radical (unpaired) electrons. The minimum atomic E-state index is -0.501. The lowest BCUT2D eigenvalue weighted by Gasteiger charge is -2.55. The zero-order valence-corrected chi connectivity index (χ0v) is 12.2. The third-order valence-electron chi connectivity index (χ3n) is 4.20. The fraction of sp³-hybridized carbons (Fsp3) is 0.500. The summed E-state index contributed by atoms with van der Waals surface area (Å²) in [4.78, 5) is 0. The Hall–Kier alpha value is -1.09. The Morgan fingerprint density at radius 2 is 1.95 bits per heavy atom. The normalized spacial score (nSPS) is 22.8. The maximum Gasteiger partial charge on any atom is 0.122 e. The molecular formula is C14H14BrNO3. The van der Waals surface area contributed by atoms with Gasteiger partial charge in [-0.05, 0) is 18.2 Å². The van der Waals surface area contributed by atoms with E-state index in [1.165, 1.54) is 0 Å². The summed E-state index contributed by atoms with van der Waals surface area (Å²) >= 11 is 3.49. The zero-order chi connectivity index (χ0) is 13.5. The first-order valence-electron chi connectivity index (χ1n) is 6.08. The SMILES string of the molecule is COc1ccc(Br)cc1C1(C2(C#N)COC2)COC1. The Bertz CT molecular complexity index is 544. The summed E-state index contributed by atoms with van der Waals surface area (Å²) in [5, 5.41) is 9.59. The largest absolute Gasteiger partial charge is 0.496 e. The lowest BCUT2D eigenvalue weighted by Crippen LogP contribution is -2.66. The molecule has 0 N–H and O–H groups in total. The highest BCUT2D eigenvalue weighted by Gasteiger charge is 2.63. The third-order valence-corrected chi connectivity index (χ3v) is 4.69. The van der Waals surface area contributed by atoms with Crippen LogP contribution in [0.4, 0.5) is 0 Å². The fourth-order valence-corrected chi connectivity index (χ4v) is 3.17. The zero-order valence-electron chi connectivity index (χ0n) is 10.6. The highest BCUT2D eigenvalue weighted by Crippen LogP contribution is 2.54. The van der Waals surface area contributed by atoms with Crippen molar-refractivity contribution in [2.24, 2.45) is 5.41 Å². The Morgan fingerprint density at radius 1 is 1.26 bits per heavy atom. The van der Waals surface area contributed by atoms with Crippen LogP contribution in [0.25, 0.3) is 0 Å². The number of nitrogens with zero attached hydrogens (tertiary/aromatic N) is 1. The first-order valence-corrected chi connectivity index (χ1v) is 6.87. The quantitative estimate of drug-likeness (QED) is 0.856. The molecule has 2 heterocycles. The fourth-order valence-electron chi connectivity index (χ4n) is 2.80. The van der Waals surface area contributed by atoms with Crippen molar-refractivity contribution in [2.45, 2.75) is 5.41 Å². The van der Waals surface area contributed by atoms with Crippen LogP contribution in [0, 0.1) is 16.7 Å². The van der Waals surface area contributed by atoms with Crippen LogP contribution in [0.1, 0.15) is 5.56 Å². The van der Waals surface area contributed by atoms with E-state index in [-0.39, 0.29) is 5.41 Å². The molecule has 0 aliphatic carbocycles. The molecule has 5 heteroatoms. The van der Waals surface area contributed by atoms with E-state index in [4.69, 9.17) is 14.2 Å². The molecule has 100 valence electrons. The van der Waals surface area contributed by atoms with Gasteiger partial charge in [-0.3, -0.25) is 0 Å². The van der Waals surface area contributed by atoms with Crippen LogP contribution in [-0.2, 0) is 14.9 Å². The lowest BCUT2D eigenvalue weighted by molar-refractivity contribution is -0.201. The Morgan fingerprint density at radius 3 is 2.37 bits per heavy atom. The highest BCUT2D eigenvalue weighted by atomic mass is 79.9. The van der Waals surface area contributed by atoms with Crippen LogP contribution in [-0.4, -0.2) is 33.5 Å². The van der Waals surface area contributed by atoms with Crippen LogP contribution >= 0.6 is 15.9 Å². The highest BCUT2D eigenvalue weighted by molar-refractivity contribution is 9.10. The third kappa shape index (κ3) is 1.64. The lowest BCUT2D eigenvalue weighted by atomic mass is 9.58. The van der Waals surface area contributed by atoms with E-state index >= 15 is 0 Å². The Labute approximate surface area is 120 Å². The molecule has 3 rings (SSSR count). The van der Waals surface area contributed by atoms with E-state index in [1.54, 1.807) is 7.11 Å². The minimum Gasteiger partial charge on any atom is -0.496 e. The summed E-state index contributed by atoms with van der Waals surface area (Å²) in [6, 6.07) is 8.33. The molecule has 1 aromatic carbocycles. The molecule has 0 unspecified atom stereocenters. The summed E-state index contributed by atoms with van der Waals surface area (Å²) in [6.07, 6.45) is 0. The van der Waals surface area contributed by atoms with E-state index in [2.05, 4.69) is 22.0 Å². The smallest absolute Gasteiger partial charge is 0.122 e. The summed E-state index contributed by atoms with van der Waals surface area (Å²) in [5.74, 6) is 0.799. The van der Waals surface area contributed by atoms with Gasteiger partial charge in [0.15, 0.2) is 0 Å². The summed E-state index contributed by atoms with van der Waals surface area (Å²) < 4.78 is 17.2. The second-order valence-electron chi connectivity index (χ2n) is 5.11. The predicted molar refractivity (Wildman–Crippen MR) is 72.1 cm³/mol. The van der Waals surface area contributed by atoms with Crippen molar-refractivity contribution in [3.05, 3.63) is 28.2 Å². The summed E-state index contributed by atoms with van der Waals surface area (Å²) in [6.45, 7) is 2.00. The number of methoxy groups -OCH3 is 1. The van der Waals surface area contributed by atoms with Crippen LogP contribution in [0.5, 0.6) is 5.75 Å². The molecular weight excluding hydrogens is 310 g/mol. The maximum atomic E-state index is 9.59. The number of halogens is 1. The van der Waals surface area contributed by atoms with Crippen molar-refractivity contribution in [3.8, 4) is 11.8 Å². The molecule has 0 saturated carbocycles. The van der Waals surface area contributed by atoms with Gasteiger partial charge in [0, 0.05) is 10.0 Å². The molecule has 0 atom stereocenters. The monoisotopic (exact) mass is 323 g/mol. The van der Waals surface area contributed by atoms with Crippen LogP contribution in [0.2, 0.25) is 0 Å². The number of hydrogen-bond donors (Lipinski definition) is 0. The first-order chi connectivity index (χ1) is 9.17. The van der Waals surface area contributed by atoms with Crippen molar-refractivity contribution in [3.63, 3.8) is 0 Å². The van der Waals surface area contributed by atoms with E-state index < -0.39 is 5.41 Å². The second kappa shape index (κ2) is 4.48. The molecule has 4 nitrogen and oxygen atoms in total. The Kier molecular flexibility index (Phi) is 3.05. The number of rotatable bonds is 3.